The molecule has 0 aliphatic rings. The SMILES string of the molecule is CC(=O)CNc1cc(C(C)N)cc(C)n1. The topological polar surface area (TPSA) is 68.0 Å². The molecule has 4 nitrogen and oxygen atoms in total. The molecule has 1 atom stereocenters. The number of nitrogens with zero attached hydrogens (tertiary/aromatic N) is 1. The van der Waals surface area contributed by atoms with Crippen molar-refractivity contribution in [3.05, 3.63) is 23.4 Å². The Morgan fingerprint density at radius 3 is 2.80 bits per heavy atom. The van der Waals surface area contributed by atoms with Crippen molar-refractivity contribution in [1.29, 1.82) is 0 Å². The van der Waals surface area contributed by atoms with Crippen LogP contribution in [-0.2, 0) is 4.79 Å². The predicted molar refractivity (Wildman–Crippen MR) is 60.7 cm³/mol. The van der Waals surface area contributed by atoms with Crippen molar-refractivity contribution in [2.45, 2.75) is 26.8 Å². The molecule has 1 unspecified atom stereocenters. The molecule has 15 heavy (non-hydrogen) atoms. The Labute approximate surface area is 89.9 Å². The minimum Gasteiger partial charge on any atom is -0.363 e. The van der Waals surface area contributed by atoms with Crippen LogP contribution in [0, 0.1) is 6.92 Å². The van der Waals surface area contributed by atoms with Gasteiger partial charge in [0.2, 0.25) is 0 Å². The van der Waals surface area contributed by atoms with Crippen LogP contribution < -0.4 is 11.1 Å². The zero-order chi connectivity index (χ0) is 11.4. The first-order chi connectivity index (χ1) is 6.99. The highest BCUT2D eigenvalue weighted by molar-refractivity contribution is 5.80. The van der Waals surface area contributed by atoms with E-state index < -0.39 is 0 Å². The summed E-state index contributed by atoms with van der Waals surface area (Å²) >= 11 is 0. The highest BCUT2D eigenvalue weighted by Gasteiger charge is 2.04. The first-order valence-corrected chi connectivity index (χ1v) is 4.96. The van der Waals surface area contributed by atoms with E-state index in [9.17, 15) is 4.79 Å². The van der Waals surface area contributed by atoms with Gasteiger partial charge in [0.1, 0.15) is 11.6 Å². The number of nitrogens with two attached hydrogens (primary N) is 1. The van der Waals surface area contributed by atoms with Gasteiger partial charge in [0.25, 0.3) is 0 Å². The van der Waals surface area contributed by atoms with Crippen LogP contribution in [0.4, 0.5) is 5.82 Å². The number of pyridine rings is 1. The van der Waals surface area contributed by atoms with Crippen LogP contribution in [0.1, 0.15) is 31.1 Å². The van der Waals surface area contributed by atoms with Crippen LogP contribution >= 0.6 is 0 Å². The van der Waals surface area contributed by atoms with Crippen molar-refractivity contribution in [2.24, 2.45) is 5.73 Å². The van der Waals surface area contributed by atoms with E-state index in [0.29, 0.717) is 12.4 Å². The number of ketones is 1. The molecule has 0 bridgehead atoms. The van der Waals surface area contributed by atoms with Gasteiger partial charge in [-0.1, -0.05) is 0 Å². The van der Waals surface area contributed by atoms with Gasteiger partial charge in [-0.15, -0.1) is 0 Å². The van der Waals surface area contributed by atoms with Gasteiger partial charge in [0.05, 0.1) is 6.54 Å². The number of anilines is 1. The van der Waals surface area contributed by atoms with Gasteiger partial charge in [0, 0.05) is 11.7 Å². The maximum atomic E-state index is 10.8. The molecule has 4 heteroatoms. The minimum atomic E-state index is -0.0235. The number of aromatic nitrogens is 1. The number of carbonyl (C=O) groups is 1. The van der Waals surface area contributed by atoms with Crippen molar-refractivity contribution in [1.82, 2.24) is 4.98 Å². The van der Waals surface area contributed by atoms with Gasteiger partial charge in [-0.3, -0.25) is 4.79 Å². The maximum Gasteiger partial charge on any atom is 0.148 e. The van der Waals surface area contributed by atoms with Crippen LogP contribution in [-0.4, -0.2) is 17.3 Å². The summed E-state index contributed by atoms with van der Waals surface area (Å²) in [5, 5.41) is 2.96. The van der Waals surface area contributed by atoms with E-state index >= 15 is 0 Å². The number of carbonyl (C=O) groups excluding carboxylic acids is 1. The lowest BCUT2D eigenvalue weighted by molar-refractivity contribution is -0.115. The number of hydrogen-bond donors (Lipinski definition) is 2. The summed E-state index contributed by atoms with van der Waals surface area (Å²) < 4.78 is 0. The third-order valence-electron chi connectivity index (χ3n) is 2.02. The van der Waals surface area contributed by atoms with E-state index in [2.05, 4.69) is 10.3 Å². The normalized spacial score (nSPS) is 12.3. The Bertz CT molecular complexity index is 361. The van der Waals surface area contributed by atoms with Crippen LogP contribution in [0.25, 0.3) is 0 Å². The highest BCUT2D eigenvalue weighted by atomic mass is 16.1. The second-order valence-electron chi connectivity index (χ2n) is 3.77. The molecule has 0 aliphatic heterocycles. The number of Topliss-reactive ketones (excluding diaryl/α,β-unsaturated/α-hetero) is 1. The molecule has 1 aromatic rings. The molecule has 1 rings (SSSR count). The Kier molecular flexibility index (Phi) is 3.80. The molecule has 0 aliphatic carbocycles. The quantitative estimate of drug-likeness (QED) is 0.783. The highest BCUT2D eigenvalue weighted by Crippen LogP contribution is 2.15. The number of rotatable bonds is 4. The van der Waals surface area contributed by atoms with E-state index in [4.69, 9.17) is 5.73 Å². The van der Waals surface area contributed by atoms with Gasteiger partial charge in [-0.05, 0) is 38.5 Å². The lowest BCUT2D eigenvalue weighted by Crippen LogP contribution is -2.13. The predicted octanol–water partition coefficient (Wildman–Crippen LogP) is 1.41. The molecule has 0 amide bonds. The van der Waals surface area contributed by atoms with Crippen molar-refractivity contribution in [3.8, 4) is 0 Å². The molecule has 1 heterocycles. The largest absolute Gasteiger partial charge is 0.363 e. The van der Waals surface area contributed by atoms with Crippen LogP contribution in [0.3, 0.4) is 0 Å². The van der Waals surface area contributed by atoms with Crippen LogP contribution in [0.2, 0.25) is 0 Å². The second kappa shape index (κ2) is 4.89. The Hall–Kier alpha value is -1.42. The molecule has 82 valence electrons. The Balaban J connectivity index is 2.84. The Morgan fingerprint density at radius 1 is 1.60 bits per heavy atom. The standard InChI is InChI=1S/C11H17N3O/c1-7-4-10(9(3)12)5-11(14-7)13-6-8(2)15/h4-5,9H,6,12H2,1-3H3,(H,13,14). The molecule has 0 saturated heterocycles. The van der Waals surface area contributed by atoms with Gasteiger partial charge in [0.15, 0.2) is 0 Å². The fraction of sp³-hybridized carbons (Fsp3) is 0.455. The zero-order valence-electron chi connectivity index (χ0n) is 9.37. The van der Waals surface area contributed by atoms with Crippen molar-refractivity contribution < 1.29 is 4.79 Å². The van der Waals surface area contributed by atoms with Crippen molar-refractivity contribution in [3.63, 3.8) is 0 Å². The van der Waals surface area contributed by atoms with Gasteiger partial charge < -0.3 is 11.1 Å². The number of nitrogens with one attached hydrogen (secondary N) is 1. The molecule has 0 radical (unpaired) electrons. The van der Waals surface area contributed by atoms with E-state index in [-0.39, 0.29) is 11.8 Å². The van der Waals surface area contributed by atoms with Crippen molar-refractivity contribution >= 4 is 11.6 Å². The molecule has 0 fully saturated rings. The molecule has 3 N–H and O–H groups in total. The average molecular weight is 207 g/mol. The summed E-state index contributed by atoms with van der Waals surface area (Å²) in [6, 6.07) is 3.80. The molecule has 0 spiro atoms. The fourth-order valence-electron chi connectivity index (χ4n) is 1.26. The van der Waals surface area contributed by atoms with Gasteiger partial charge in [-0.2, -0.15) is 0 Å². The lowest BCUT2D eigenvalue weighted by atomic mass is 10.1. The molecule has 0 saturated carbocycles. The summed E-state index contributed by atoms with van der Waals surface area (Å²) in [5.41, 5.74) is 7.71. The number of hydrogen-bond acceptors (Lipinski definition) is 4. The fourth-order valence-corrected chi connectivity index (χ4v) is 1.26. The molecule has 0 aromatic carbocycles. The van der Waals surface area contributed by atoms with Crippen LogP contribution in [0.15, 0.2) is 12.1 Å². The average Bonchev–Trinajstić information content (AvgIpc) is 2.13. The Morgan fingerprint density at radius 2 is 2.27 bits per heavy atom. The first-order valence-electron chi connectivity index (χ1n) is 4.96. The molecular formula is C11H17N3O. The smallest absolute Gasteiger partial charge is 0.148 e. The summed E-state index contributed by atoms with van der Waals surface area (Å²) in [4.78, 5) is 15.1. The zero-order valence-corrected chi connectivity index (χ0v) is 9.37. The molecular weight excluding hydrogens is 190 g/mol. The monoisotopic (exact) mass is 207 g/mol. The number of aryl methyl sites for hydroxylation is 1. The summed E-state index contributed by atoms with van der Waals surface area (Å²) in [6.45, 7) is 5.67. The van der Waals surface area contributed by atoms with Crippen LogP contribution in [0.5, 0.6) is 0 Å². The maximum absolute atomic E-state index is 10.8. The third-order valence-corrected chi connectivity index (χ3v) is 2.02. The van der Waals surface area contributed by atoms with Gasteiger partial charge >= 0.3 is 0 Å². The van der Waals surface area contributed by atoms with E-state index in [1.807, 2.05) is 26.0 Å². The van der Waals surface area contributed by atoms with Gasteiger partial charge in [-0.25, -0.2) is 4.98 Å². The van der Waals surface area contributed by atoms with E-state index in [1.165, 1.54) is 6.92 Å². The summed E-state index contributed by atoms with van der Waals surface area (Å²) in [6.07, 6.45) is 0. The van der Waals surface area contributed by atoms with Crippen molar-refractivity contribution in [2.75, 3.05) is 11.9 Å². The van der Waals surface area contributed by atoms with E-state index in [0.717, 1.165) is 11.3 Å². The lowest BCUT2D eigenvalue weighted by Gasteiger charge is -2.10. The summed E-state index contributed by atoms with van der Waals surface area (Å²) in [5.74, 6) is 0.790. The minimum absolute atomic E-state index is 0.0235. The third kappa shape index (κ3) is 3.67. The second-order valence-corrected chi connectivity index (χ2v) is 3.77. The first kappa shape index (κ1) is 11.7. The summed E-state index contributed by atoms with van der Waals surface area (Å²) in [7, 11) is 0. The molecule has 1 aromatic heterocycles. The van der Waals surface area contributed by atoms with E-state index in [1.54, 1.807) is 0 Å².